The number of hydrogen-bond donors (Lipinski definition) is 0. The summed E-state index contributed by atoms with van der Waals surface area (Å²) in [6.07, 6.45) is 3.47. The molecule has 3 heteroatoms. The summed E-state index contributed by atoms with van der Waals surface area (Å²) in [6, 6.07) is 10.1. The Hall–Kier alpha value is -1.35. The molecule has 1 unspecified atom stereocenters. The standard InChI is InChI=1S/C20H30O3/c1-15(21)22-14-17(16-10-7-6-8-11-16)23-18-19(2,3)12-9-13-20(18,4)5/h6-8,10-11,17-18H,9,12-14H2,1-5H3. The molecule has 0 saturated heterocycles. The smallest absolute Gasteiger partial charge is 0.302 e. The van der Waals surface area contributed by atoms with E-state index in [-0.39, 0.29) is 35.6 Å². The molecule has 1 aromatic carbocycles. The second-order valence-electron chi connectivity index (χ2n) is 8.05. The summed E-state index contributed by atoms with van der Waals surface area (Å²) in [5, 5.41) is 0. The SMILES string of the molecule is CC(=O)OCC(OC1C(C)(C)CCCC1(C)C)c1ccccc1. The van der Waals surface area contributed by atoms with Crippen LogP contribution in [-0.2, 0) is 14.3 Å². The van der Waals surface area contributed by atoms with E-state index in [4.69, 9.17) is 9.47 Å². The second kappa shape index (κ2) is 7.04. The highest BCUT2D eigenvalue weighted by Gasteiger charge is 2.46. The molecule has 128 valence electrons. The van der Waals surface area contributed by atoms with Crippen molar-refractivity contribution in [2.75, 3.05) is 6.61 Å². The van der Waals surface area contributed by atoms with E-state index in [0.717, 1.165) is 18.4 Å². The lowest BCUT2D eigenvalue weighted by molar-refractivity contribution is -0.172. The van der Waals surface area contributed by atoms with E-state index in [1.165, 1.54) is 13.3 Å². The number of ether oxygens (including phenoxy) is 2. The summed E-state index contributed by atoms with van der Waals surface area (Å²) in [6.45, 7) is 10.8. The van der Waals surface area contributed by atoms with E-state index >= 15 is 0 Å². The van der Waals surface area contributed by atoms with Gasteiger partial charge in [-0.25, -0.2) is 0 Å². The summed E-state index contributed by atoms with van der Waals surface area (Å²) in [5.74, 6) is -0.267. The maximum absolute atomic E-state index is 11.2. The quantitative estimate of drug-likeness (QED) is 0.723. The lowest BCUT2D eigenvalue weighted by Crippen LogP contribution is -2.48. The zero-order chi connectivity index (χ0) is 17.1. The first-order valence-electron chi connectivity index (χ1n) is 8.56. The number of benzene rings is 1. The summed E-state index contributed by atoms with van der Waals surface area (Å²) in [4.78, 5) is 11.2. The zero-order valence-corrected chi connectivity index (χ0v) is 15.1. The van der Waals surface area contributed by atoms with Gasteiger partial charge in [-0.3, -0.25) is 4.79 Å². The van der Waals surface area contributed by atoms with Crippen molar-refractivity contribution in [2.24, 2.45) is 10.8 Å². The Balaban J connectivity index is 2.23. The van der Waals surface area contributed by atoms with Crippen LogP contribution < -0.4 is 0 Å². The largest absolute Gasteiger partial charge is 0.463 e. The molecule has 1 aliphatic carbocycles. The van der Waals surface area contributed by atoms with E-state index in [1.54, 1.807) is 0 Å². The molecule has 0 spiro atoms. The molecular formula is C20H30O3. The van der Waals surface area contributed by atoms with Gasteiger partial charge in [-0.05, 0) is 29.2 Å². The molecule has 0 aliphatic heterocycles. The molecule has 1 aliphatic rings. The van der Waals surface area contributed by atoms with Gasteiger partial charge < -0.3 is 9.47 Å². The van der Waals surface area contributed by atoms with Crippen LogP contribution in [-0.4, -0.2) is 18.7 Å². The van der Waals surface area contributed by atoms with Gasteiger partial charge in [0, 0.05) is 6.92 Å². The molecule has 0 N–H and O–H groups in total. The minimum absolute atomic E-state index is 0.116. The van der Waals surface area contributed by atoms with E-state index in [9.17, 15) is 4.79 Å². The van der Waals surface area contributed by atoms with Crippen LogP contribution in [0.4, 0.5) is 0 Å². The highest BCUT2D eigenvalue weighted by Crippen LogP contribution is 2.49. The fourth-order valence-corrected chi connectivity index (χ4v) is 3.93. The first-order chi connectivity index (χ1) is 10.7. The molecule has 2 rings (SSSR count). The van der Waals surface area contributed by atoms with Gasteiger partial charge in [0.1, 0.15) is 12.7 Å². The Morgan fingerprint density at radius 1 is 1.13 bits per heavy atom. The van der Waals surface area contributed by atoms with Gasteiger partial charge in [-0.2, -0.15) is 0 Å². The Bertz CT molecular complexity index is 503. The van der Waals surface area contributed by atoms with E-state index < -0.39 is 0 Å². The lowest BCUT2D eigenvalue weighted by atomic mass is 9.63. The van der Waals surface area contributed by atoms with Crippen LogP contribution in [0.5, 0.6) is 0 Å². The van der Waals surface area contributed by atoms with Gasteiger partial charge in [0.05, 0.1) is 6.10 Å². The van der Waals surface area contributed by atoms with Crippen molar-refractivity contribution in [3.05, 3.63) is 35.9 Å². The van der Waals surface area contributed by atoms with Gasteiger partial charge in [-0.1, -0.05) is 64.4 Å². The Labute approximate surface area is 140 Å². The maximum Gasteiger partial charge on any atom is 0.302 e. The number of carbonyl (C=O) groups is 1. The summed E-state index contributed by atoms with van der Waals surface area (Å²) >= 11 is 0. The van der Waals surface area contributed by atoms with Gasteiger partial charge >= 0.3 is 5.97 Å². The van der Waals surface area contributed by atoms with Crippen LogP contribution in [0, 0.1) is 10.8 Å². The molecule has 1 aromatic rings. The fraction of sp³-hybridized carbons (Fsp3) is 0.650. The topological polar surface area (TPSA) is 35.5 Å². The molecule has 0 amide bonds. The van der Waals surface area contributed by atoms with Crippen molar-refractivity contribution in [1.82, 2.24) is 0 Å². The molecule has 0 radical (unpaired) electrons. The molecule has 1 saturated carbocycles. The molecule has 23 heavy (non-hydrogen) atoms. The van der Waals surface area contributed by atoms with Gasteiger partial charge in [0.25, 0.3) is 0 Å². The van der Waals surface area contributed by atoms with E-state index in [0.29, 0.717) is 0 Å². The van der Waals surface area contributed by atoms with Crippen LogP contribution >= 0.6 is 0 Å². The fourth-order valence-electron chi connectivity index (χ4n) is 3.93. The molecule has 3 nitrogen and oxygen atoms in total. The molecule has 1 atom stereocenters. The molecular weight excluding hydrogens is 288 g/mol. The molecule has 0 bridgehead atoms. The molecule has 1 fully saturated rings. The number of hydrogen-bond acceptors (Lipinski definition) is 3. The van der Waals surface area contributed by atoms with Crippen LogP contribution in [0.3, 0.4) is 0 Å². The third-order valence-corrected chi connectivity index (χ3v) is 4.97. The van der Waals surface area contributed by atoms with Crippen LogP contribution in [0.1, 0.15) is 65.5 Å². The first-order valence-corrected chi connectivity index (χ1v) is 8.56. The minimum Gasteiger partial charge on any atom is -0.463 e. The third-order valence-electron chi connectivity index (χ3n) is 4.97. The van der Waals surface area contributed by atoms with Crippen molar-refractivity contribution in [1.29, 1.82) is 0 Å². The summed E-state index contributed by atoms with van der Waals surface area (Å²) < 4.78 is 11.9. The molecule has 0 heterocycles. The monoisotopic (exact) mass is 318 g/mol. The van der Waals surface area contributed by atoms with E-state index in [1.807, 2.05) is 30.3 Å². The summed E-state index contributed by atoms with van der Waals surface area (Å²) in [5.41, 5.74) is 1.29. The third kappa shape index (κ3) is 4.57. The van der Waals surface area contributed by atoms with Crippen molar-refractivity contribution in [3.8, 4) is 0 Å². The second-order valence-corrected chi connectivity index (χ2v) is 8.05. The highest BCUT2D eigenvalue weighted by molar-refractivity contribution is 5.65. The molecule has 0 aromatic heterocycles. The van der Waals surface area contributed by atoms with E-state index in [2.05, 4.69) is 27.7 Å². The Morgan fingerprint density at radius 3 is 2.22 bits per heavy atom. The van der Waals surface area contributed by atoms with Crippen molar-refractivity contribution in [2.45, 2.75) is 66.1 Å². The zero-order valence-electron chi connectivity index (χ0n) is 15.1. The first kappa shape index (κ1) is 18.0. The minimum atomic E-state index is -0.267. The van der Waals surface area contributed by atoms with Crippen LogP contribution in [0.25, 0.3) is 0 Å². The maximum atomic E-state index is 11.2. The lowest BCUT2D eigenvalue weighted by Gasteiger charge is -2.49. The average molecular weight is 318 g/mol. The predicted molar refractivity (Wildman–Crippen MR) is 92.1 cm³/mol. The van der Waals surface area contributed by atoms with Gasteiger partial charge in [-0.15, -0.1) is 0 Å². The van der Waals surface area contributed by atoms with Gasteiger partial charge in [0.15, 0.2) is 0 Å². The Kier molecular flexibility index (Phi) is 5.51. The normalized spacial score (nSPS) is 21.6. The van der Waals surface area contributed by atoms with Crippen molar-refractivity contribution >= 4 is 5.97 Å². The van der Waals surface area contributed by atoms with Crippen LogP contribution in [0.2, 0.25) is 0 Å². The van der Waals surface area contributed by atoms with Crippen molar-refractivity contribution in [3.63, 3.8) is 0 Å². The summed E-state index contributed by atoms with van der Waals surface area (Å²) in [7, 11) is 0. The number of rotatable bonds is 5. The number of carbonyl (C=O) groups excluding carboxylic acids is 1. The highest BCUT2D eigenvalue weighted by atomic mass is 16.6. The van der Waals surface area contributed by atoms with Crippen LogP contribution in [0.15, 0.2) is 30.3 Å². The average Bonchev–Trinajstić information content (AvgIpc) is 2.46. The van der Waals surface area contributed by atoms with Crippen molar-refractivity contribution < 1.29 is 14.3 Å². The van der Waals surface area contributed by atoms with Gasteiger partial charge in [0.2, 0.25) is 0 Å². The predicted octanol–water partition coefficient (Wildman–Crippen LogP) is 4.91. The number of esters is 1. The Morgan fingerprint density at radius 2 is 1.70 bits per heavy atom.